The van der Waals surface area contributed by atoms with Crippen molar-refractivity contribution in [1.29, 1.82) is 0 Å². The van der Waals surface area contributed by atoms with Crippen molar-refractivity contribution in [1.82, 2.24) is 4.98 Å². The fourth-order valence-electron chi connectivity index (χ4n) is 1.26. The Morgan fingerprint density at radius 2 is 2.13 bits per heavy atom. The molecule has 0 N–H and O–H groups in total. The molecule has 0 saturated carbocycles. The van der Waals surface area contributed by atoms with E-state index in [0.717, 1.165) is 12.1 Å². The predicted molar refractivity (Wildman–Crippen MR) is 51.4 cm³/mol. The van der Waals surface area contributed by atoms with Crippen LogP contribution in [0.5, 0.6) is 0 Å². The van der Waals surface area contributed by atoms with Crippen molar-refractivity contribution < 1.29 is 13.2 Å². The molecule has 0 amide bonds. The number of rotatable bonds is 2. The first-order chi connectivity index (χ1) is 7.22. The molecular formula is C10H6ClF2NO. The second-order valence-electron chi connectivity index (χ2n) is 2.89. The van der Waals surface area contributed by atoms with Crippen molar-refractivity contribution in [3.8, 4) is 11.3 Å². The van der Waals surface area contributed by atoms with Crippen molar-refractivity contribution in [3.05, 3.63) is 41.9 Å². The SMILES string of the molecule is Fc1ccc(-c2ocnc2CCl)c(F)c1. The molecule has 2 aromatic rings. The minimum absolute atomic E-state index is 0.114. The number of halogens is 3. The first kappa shape index (κ1) is 10.1. The fraction of sp³-hybridized carbons (Fsp3) is 0.100. The van der Waals surface area contributed by atoms with Crippen LogP contribution in [0.15, 0.2) is 29.0 Å². The van der Waals surface area contributed by atoms with Crippen LogP contribution in [0.2, 0.25) is 0 Å². The van der Waals surface area contributed by atoms with E-state index in [1.54, 1.807) is 0 Å². The van der Waals surface area contributed by atoms with Gasteiger partial charge in [0.1, 0.15) is 17.3 Å². The molecule has 78 valence electrons. The van der Waals surface area contributed by atoms with E-state index in [1.807, 2.05) is 0 Å². The Morgan fingerprint density at radius 1 is 1.33 bits per heavy atom. The van der Waals surface area contributed by atoms with E-state index in [4.69, 9.17) is 16.0 Å². The zero-order chi connectivity index (χ0) is 10.8. The van der Waals surface area contributed by atoms with Crippen molar-refractivity contribution >= 4 is 11.6 Å². The van der Waals surface area contributed by atoms with Gasteiger partial charge in [-0.05, 0) is 12.1 Å². The maximum absolute atomic E-state index is 13.4. The normalized spacial score (nSPS) is 10.6. The van der Waals surface area contributed by atoms with Gasteiger partial charge >= 0.3 is 0 Å². The molecule has 15 heavy (non-hydrogen) atoms. The molecule has 0 aliphatic carbocycles. The van der Waals surface area contributed by atoms with E-state index >= 15 is 0 Å². The summed E-state index contributed by atoms with van der Waals surface area (Å²) in [5, 5.41) is 0. The summed E-state index contributed by atoms with van der Waals surface area (Å²) in [6.07, 6.45) is 1.18. The second-order valence-corrected chi connectivity index (χ2v) is 3.15. The first-order valence-corrected chi connectivity index (χ1v) is 4.69. The van der Waals surface area contributed by atoms with Crippen LogP contribution in [0, 0.1) is 11.6 Å². The molecule has 0 aliphatic rings. The molecule has 0 spiro atoms. The first-order valence-electron chi connectivity index (χ1n) is 4.16. The third kappa shape index (κ3) is 1.85. The second kappa shape index (κ2) is 3.98. The van der Waals surface area contributed by atoms with Gasteiger partial charge in [-0.1, -0.05) is 0 Å². The van der Waals surface area contributed by atoms with Crippen LogP contribution in [-0.4, -0.2) is 4.98 Å². The average molecular weight is 230 g/mol. The maximum Gasteiger partial charge on any atom is 0.181 e. The molecule has 0 atom stereocenters. The van der Waals surface area contributed by atoms with Crippen molar-refractivity contribution in [2.24, 2.45) is 0 Å². The van der Waals surface area contributed by atoms with Crippen LogP contribution in [0.1, 0.15) is 5.69 Å². The number of hydrogen-bond acceptors (Lipinski definition) is 2. The number of aromatic nitrogens is 1. The molecule has 0 saturated heterocycles. The summed E-state index contributed by atoms with van der Waals surface area (Å²) < 4.78 is 31.0. The molecule has 1 aromatic heterocycles. The Hall–Kier alpha value is -1.42. The minimum Gasteiger partial charge on any atom is -0.443 e. The quantitative estimate of drug-likeness (QED) is 0.738. The highest BCUT2D eigenvalue weighted by Crippen LogP contribution is 2.27. The van der Waals surface area contributed by atoms with Gasteiger partial charge in [0.05, 0.1) is 11.4 Å². The van der Waals surface area contributed by atoms with Gasteiger partial charge in [-0.25, -0.2) is 13.8 Å². The molecule has 5 heteroatoms. The summed E-state index contributed by atoms with van der Waals surface area (Å²) in [6, 6.07) is 3.23. The van der Waals surface area contributed by atoms with E-state index in [9.17, 15) is 8.78 Å². The van der Waals surface area contributed by atoms with E-state index in [0.29, 0.717) is 5.69 Å². The van der Waals surface area contributed by atoms with Crippen molar-refractivity contribution in [2.75, 3.05) is 0 Å². The van der Waals surface area contributed by atoms with Gasteiger partial charge in [0.15, 0.2) is 12.2 Å². The summed E-state index contributed by atoms with van der Waals surface area (Å²) in [7, 11) is 0. The molecule has 1 heterocycles. The van der Waals surface area contributed by atoms with Gasteiger partial charge in [-0.2, -0.15) is 0 Å². The monoisotopic (exact) mass is 229 g/mol. The molecule has 1 aromatic carbocycles. The lowest BCUT2D eigenvalue weighted by Gasteiger charge is -2.00. The van der Waals surface area contributed by atoms with Crippen LogP contribution in [0.4, 0.5) is 8.78 Å². The number of nitrogens with zero attached hydrogens (tertiary/aromatic N) is 1. The third-order valence-electron chi connectivity index (χ3n) is 1.94. The van der Waals surface area contributed by atoms with Crippen LogP contribution in [0.25, 0.3) is 11.3 Å². The molecule has 2 rings (SSSR count). The third-order valence-corrected chi connectivity index (χ3v) is 2.20. The number of alkyl halides is 1. The molecule has 0 radical (unpaired) electrons. The summed E-state index contributed by atoms with van der Waals surface area (Å²) in [6.45, 7) is 0. The lowest BCUT2D eigenvalue weighted by atomic mass is 10.1. The summed E-state index contributed by atoms with van der Waals surface area (Å²) >= 11 is 5.59. The number of hydrogen-bond donors (Lipinski definition) is 0. The molecule has 0 unspecified atom stereocenters. The lowest BCUT2D eigenvalue weighted by Crippen LogP contribution is -1.88. The topological polar surface area (TPSA) is 26.0 Å². The van der Waals surface area contributed by atoms with Crippen molar-refractivity contribution in [2.45, 2.75) is 5.88 Å². The highest BCUT2D eigenvalue weighted by molar-refractivity contribution is 6.17. The van der Waals surface area contributed by atoms with Crippen molar-refractivity contribution in [3.63, 3.8) is 0 Å². The molecule has 2 nitrogen and oxygen atoms in total. The Bertz CT molecular complexity index is 484. The van der Waals surface area contributed by atoms with E-state index < -0.39 is 11.6 Å². The van der Waals surface area contributed by atoms with E-state index in [-0.39, 0.29) is 17.2 Å². The fourth-order valence-corrected chi connectivity index (χ4v) is 1.45. The lowest BCUT2D eigenvalue weighted by molar-refractivity contribution is 0.554. The van der Waals surface area contributed by atoms with E-state index in [2.05, 4.69) is 4.98 Å². The molecular weight excluding hydrogens is 224 g/mol. The molecule has 0 bridgehead atoms. The van der Waals surface area contributed by atoms with Crippen LogP contribution < -0.4 is 0 Å². The van der Waals surface area contributed by atoms with Crippen LogP contribution >= 0.6 is 11.6 Å². The Morgan fingerprint density at radius 3 is 2.80 bits per heavy atom. The summed E-state index contributed by atoms with van der Waals surface area (Å²) in [5.74, 6) is -0.980. The van der Waals surface area contributed by atoms with Gasteiger partial charge < -0.3 is 4.42 Å². The largest absolute Gasteiger partial charge is 0.443 e. The zero-order valence-corrected chi connectivity index (χ0v) is 8.26. The van der Waals surface area contributed by atoms with Gasteiger partial charge in [0.2, 0.25) is 0 Å². The zero-order valence-electron chi connectivity index (χ0n) is 7.51. The van der Waals surface area contributed by atoms with Gasteiger partial charge in [-0.3, -0.25) is 0 Å². The molecule has 0 aliphatic heterocycles. The Labute approximate surface area is 89.5 Å². The highest BCUT2D eigenvalue weighted by atomic mass is 35.5. The van der Waals surface area contributed by atoms with Gasteiger partial charge in [0.25, 0.3) is 0 Å². The Balaban J connectivity index is 2.54. The smallest absolute Gasteiger partial charge is 0.181 e. The van der Waals surface area contributed by atoms with Gasteiger partial charge in [-0.15, -0.1) is 11.6 Å². The van der Waals surface area contributed by atoms with E-state index in [1.165, 1.54) is 12.5 Å². The predicted octanol–water partition coefficient (Wildman–Crippen LogP) is 3.36. The number of benzene rings is 1. The summed E-state index contributed by atoms with van der Waals surface area (Å²) in [4.78, 5) is 3.82. The standard InChI is InChI=1S/C10H6ClF2NO/c11-4-9-10(15-5-14-9)7-2-1-6(12)3-8(7)13/h1-3,5H,4H2. The van der Waals surface area contributed by atoms with Gasteiger partial charge in [0, 0.05) is 6.07 Å². The minimum atomic E-state index is -0.696. The maximum atomic E-state index is 13.4. The number of oxazole rings is 1. The Kier molecular flexibility index (Phi) is 2.68. The summed E-state index contributed by atoms with van der Waals surface area (Å²) in [5.41, 5.74) is 0.590. The van der Waals surface area contributed by atoms with Crippen LogP contribution in [0.3, 0.4) is 0 Å². The van der Waals surface area contributed by atoms with Crippen LogP contribution in [-0.2, 0) is 5.88 Å². The average Bonchev–Trinajstić information content (AvgIpc) is 2.65. The molecule has 0 fully saturated rings. The highest BCUT2D eigenvalue weighted by Gasteiger charge is 2.14.